The Morgan fingerprint density at radius 1 is 0.857 bits per heavy atom. The third-order valence-corrected chi connectivity index (χ3v) is 3.60. The maximum absolute atomic E-state index is 12.6. The van der Waals surface area contributed by atoms with Crippen LogP contribution in [0.1, 0.15) is 41.5 Å². The highest BCUT2D eigenvalue weighted by Crippen LogP contribution is 2.21. The summed E-state index contributed by atoms with van der Waals surface area (Å²) < 4.78 is 0. The van der Waals surface area contributed by atoms with Crippen LogP contribution in [0.4, 0.5) is 0 Å². The van der Waals surface area contributed by atoms with Crippen LogP contribution >= 0.6 is 0 Å². The molecule has 120 valence electrons. The minimum absolute atomic E-state index is 0.0202. The Hall–Kier alpha value is -1.59. The van der Waals surface area contributed by atoms with Crippen molar-refractivity contribution in [1.82, 2.24) is 15.1 Å². The highest BCUT2D eigenvalue weighted by atomic mass is 16.2. The Labute approximate surface area is 126 Å². The molecule has 0 unspecified atom stereocenters. The van der Waals surface area contributed by atoms with Crippen molar-refractivity contribution in [2.24, 2.45) is 5.41 Å². The Morgan fingerprint density at radius 3 is 1.67 bits per heavy atom. The van der Waals surface area contributed by atoms with Crippen LogP contribution in [0.3, 0.4) is 0 Å². The van der Waals surface area contributed by atoms with Crippen molar-refractivity contribution in [3.05, 3.63) is 0 Å². The highest BCUT2D eigenvalue weighted by molar-refractivity contribution is 6.04. The van der Waals surface area contributed by atoms with Gasteiger partial charge in [0, 0.05) is 38.6 Å². The second-order valence-corrected chi connectivity index (χ2v) is 7.13. The standard InChI is InChI=1S/C15H27N3O3/c1-11(19)17-7-9-18(10-8-17)13(21)15(5,6)12(20)16-14(2,3)4/h7-10H2,1-6H3,(H,16,20). The molecule has 1 aliphatic rings. The molecule has 1 rings (SSSR count). The quantitative estimate of drug-likeness (QED) is 0.760. The van der Waals surface area contributed by atoms with Crippen LogP contribution in [0.5, 0.6) is 0 Å². The average molecular weight is 297 g/mol. The molecular formula is C15H27N3O3. The van der Waals surface area contributed by atoms with E-state index >= 15 is 0 Å². The normalized spacial score (nSPS) is 16.7. The third kappa shape index (κ3) is 4.44. The van der Waals surface area contributed by atoms with Crippen molar-refractivity contribution in [2.45, 2.75) is 47.1 Å². The van der Waals surface area contributed by atoms with Gasteiger partial charge in [-0.25, -0.2) is 0 Å². The maximum Gasteiger partial charge on any atom is 0.237 e. The maximum atomic E-state index is 12.6. The van der Waals surface area contributed by atoms with Crippen LogP contribution < -0.4 is 5.32 Å². The van der Waals surface area contributed by atoms with Crippen LogP contribution in [0.2, 0.25) is 0 Å². The number of piperazine rings is 1. The van der Waals surface area contributed by atoms with Crippen LogP contribution in [-0.2, 0) is 14.4 Å². The minimum Gasteiger partial charge on any atom is -0.351 e. The number of carbonyl (C=O) groups excluding carboxylic acids is 3. The van der Waals surface area contributed by atoms with Crippen molar-refractivity contribution in [2.75, 3.05) is 26.2 Å². The highest BCUT2D eigenvalue weighted by Gasteiger charge is 2.41. The van der Waals surface area contributed by atoms with E-state index in [1.54, 1.807) is 23.6 Å². The van der Waals surface area contributed by atoms with E-state index in [2.05, 4.69) is 5.32 Å². The SMILES string of the molecule is CC(=O)N1CCN(C(=O)C(C)(C)C(=O)NC(C)(C)C)CC1. The third-order valence-electron chi connectivity index (χ3n) is 3.60. The van der Waals surface area contributed by atoms with Crippen LogP contribution in [0.25, 0.3) is 0 Å². The van der Waals surface area contributed by atoms with Gasteiger partial charge in [0.2, 0.25) is 17.7 Å². The molecule has 0 aromatic rings. The Kier molecular flexibility index (Phi) is 5.02. The van der Waals surface area contributed by atoms with E-state index in [9.17, 15) is 14.4 Å². The smallest absolute Gasteiger partial charge is 0.237 e. The zero-order valence-electron chi connectivity index (χ0n) is 13.9. The number of hydrogen-bond acceptors (Lipinski definition) is 3. The molecule has 1 aliphatic heterocycles. The number of carbonyl (C=O) groups is 3. The molecule has 21 heavy (non-hydrogen) atoms. The predicted molar refractivity (Wildman–Crippen MR) is 80.5 cm³/mol. The van der Waals surface area contributed by atoms with E-state index in [1.165, 1.54) is 6.92 Å². The van der Waals surface area contributed by atoms with E-state index in [4.69, 9.17) is 0 Å². The lowest BCUT2D eigenvalue weighted by atomic mass is 9.88. The van der Waals surface area contributed by atoms with Gasteiger partial charge >= 0.3 is 0 Å². The topological polar surface area (TPSA) is 69.7 Å². The molecular weight excluding hydrogens is 270 g/mol. The second-order valence-electron chi connectivity index (χ2n) is 7.13. The second kappa shape index (κ2) is 6.03. The van der Waals surface area contributed by atoms with E-state index in [0.717, 1.165) is 0 Å². The molecule has 6 nitrogen and oxygen atoms in total. The first-order valence-electron chi connectivity index (χ1n) is 7.32. The van der Waals surface area contributed by atoms with Crippen molar-refractivity contribution < 1.29 is 14.4 Å². The fourth-order valence-corrected chi connectivity index (χ4v) is 2.21. The largest absolute Gasteiger partial charge is 0.351 e. The van der Waals surface area contributed by atoms with Gasteiger partial charge in [0.05, 0.1) is 0 Å². The van der Waals surface area contributed by atoms with Crippen molar-refractivity contribution in [1.29, 1.82) is 0 Å². The molecule has 0 atom stereocenters. The Bertz CT molecular complexity index is 430. The first-order chi connectivity index (χ1) is 9.45. The van der Waals surface area contributed by atoms with Gasteiger partial charge in [0.25, 0.3) is 0 Å². The summed E-state index contributed by atoms with van der Waals surface area (Å²) in [4.78, 5) is 39.6. The number of nitrogens with one attached hydrogen (secondary N) is 1. The molecule has 3 amide bonds. The summed E-state index contributed by atoms with van der Waals surface area (Å²) in [7, 11) is 0. The van der Waals surface area contributed by atoms with Gasteiger partial charge in [-0.3, -0.25) is 14.4 Å². The number of rotatable bonds is 2. The summed E-state index contributed by atoms with van der Waals surface area (Å²) in [5.41, 5.74) is -1.48. The zero-order chi connectivity index (χ0) is 16.4. The molecule has 0 bridgehead atoms. The summed E-state index contributed by atoms with van der Waals surface area (Å²) >= 11 is 0. The van der Waals surface area contributed by atoms with Gasteiger partial charge in [-0.15, -0.1) is 0 Å². The molecule has 1 N–H and O–H groups in total. The van der Waals surface area contributed by atoms with Gasteiger partial charge in [-0.2, -0.15) is 0 Å². The van der Waals surface area contributed by atoms with Gasteiger partial charge in [0.15, 0.2) is 0 Å². The Morgan fingerprint density at radius 2 is 1.29 bits per heavy atom. The van der Waals surface area contributed by atoms with E-state index < -0.39 is 5.41 Å². The lowest BCUT2D eigenvalue weighted by Gasteiger charge is -2.38. The predicted octanol–water partition coefficient (Wildman–Crippen LogP) is 0.618. The van der Waals surface area contributed by atoms with Gasteiger partial charge in [-0.05, 0) is 34.6 Å². The number of amides is 3. The lowest BCUT2D eigenvalue weighted by molar-refractivity contribution is -0.152. The molecule has 0 aromatic carbocycles. The van der Waals surface area contributed by atoms with Crippen molar-refractivity contribution in [3.63, 3.8) is 0 Å². The van der Waals surface area contributed by atoms with E-state index in [0.29, 0.717) is 26.2 Å². The molecule has 1 fully saturated rings. The van der Waals surface area contributed by atoms with Crippen LogP contribution in [-0.4, -0.2) is 59.2 Å². The van der Waals surface area contributed by atoms with Crippen molar-refractivity contribution in [3.8, 4) is 0 Å². The molecule has 0 spiro atoms. The summed E-state index contributed by atoms with van der Waals surface area (Å²) in [6.07, 6.45) is 0. The summed E-state index contributed by atoms with van der Waals surface area (Å²) in [6.45, 7) is 12.5. The fraction of sp³-hybridized carbons (Fsp3) is 0.800. The minimum atomic E-state index is -1.11. The molecule has 0 aliphatic carbocycles. The molecule has 0 saturated carbocycles. The molecule has 0 aromatic heterocycles. The van der Waals surface area contributed by atoms with Crippen LogP contribution in [0.15, 0.2) is 0 Å². The summed E-state index contributed by atoms with van der Waals surface area (Å²) in [5.74, 6) is -0.437. The summed E-state index contributed by atoms with van der Waals surface area (Å²) in [5, 5.41) is 2.86. The van der Waals surface area contributed by atoms with Crippen LogP contribution in [0, 0.1) is 5.41 Å². The molecule has 6 heteroatoms. The Balaban J connectivity index is 2.70. The number of hydrogen-bond donors (Lipinski definition) is 1. The first kappa shape index (κ1) is 17.5. The lowest BCUT2D eigenvalue weighted by Crippen LogP contribution is -2.57. The molecule has 1 saturated heterocycles. The van der Waals surface area contributed by atoms with E-state index in [-0.39, 0.29) is 23.3 Å². The average Bonchev–Trinajstić information content (AvgIpc) is 2.35. The van der Waals surface area contributed by atoms with E-state index in [1.807, 2.05) is 20.8 Å². The van der Waals surface area contributed by atoms with Gasteiger partial charge in [0.1, 0.15) is 5.41 Å². The summed E-state index contributed by atoms with van der Waals surface area (Å²) in [6, 6.07) is 0. The number of nitrogens with zero attached hydrogens (tertiary/aromatic N) is 2. The first-order valence-corrected chi connectivity index (χ1v) is 7.32. The van der Waals surface area contributed by atoms with Gasteiger partial charge < -0.3 is 15.1 Å². The fourth-order valence-electron chi connectivity index (χ4n) is 2.21. The molecule has 1 heterocycles. The van der Waals surface area contributed by atoms with Crippen molar-refractivity contribution >= 4 is 17.7 Å². The van der Waals surface area contributed by atoms with Gasteiger partial charge in [-0.1, -0.05) is 0 Å². The molecule has 0 radical (unpaired) electrons. The monoisotopic (exact) mass is 297 g/mol. The zero-order valence-corrected chi connectivity index (χ0v) is 13.9.